The molecule has 2 rings (SSSR count). The number of nitrogens with two attached hydrogens (primary N) is 2. The summed E-state index contributed by atoms with van der Waals surface area (Å²) in [6.45, 7) is 0. The Morgan fingerprint density at radius 2 is 1.73 bits per heavy atom. The molecule has 0 fully saturated rings. The van der Waals surface area contributed by atoms with Crippen LogP contribution in [0, 0.1) is 16.9 Å². The van der Waals surface area contributed by atoms with Crippen LogP contribution < -0.4 is 21.5 Å². The average Bonchev–Trinajstić information content (AvgIpc) is 2.62. The molecule has 0 aliphatic heterocycles. The van der Waals surface area contributed by atoms with E-state index in [-0.39, 0.29) is 12.0 Å². The van der Waals surface area contributed by atoms with Gasteiger partial charge in [0.25, 0.3) is 0 Å². The number of ether oxygens (including phenoxy) is 1. The van der Waals surface area contributed by atoms with Gasteiger partial charge in [0.2, 0.25) is 0 Å². The summed E-state index contributed by atoms with van der Waals surface area (Å²) < 4.78 is 38.1. The van der Waals surface area contributed by atoms with Crippen molar-refractivity contribution in [3.05, 3.63) is 59.1 Å². The Morgan fingerprint density at radius 3 is 2.17 bits per heavy atom. The Bertz CT molecular complexity index is 898. The molecule has 30 heavy (non-hydrogen) atoms. The summed E-state index contributed by atoms with van der Waals surface area (Å²) in [5.74, 6) is -2.48. The van der Waals surface area contributed by atoms with Crippen LogP contribution >= 0.6 is 15.9 Å². The minimum absolute atomic E-state index is 0.131. The van der Waals surface area contributed by atoms with Gasteiger partial charge in [-0.1, -0.05) is 40.2 Å². The van der Waals surface area contributed by atoms with Crippen molar-refractivity contribution in [3.63, 3.8) is 0 Å². The van der Waals surface area contributed by atoms with E-state index >= 15 is 0 Å². The monoisotopic (exact) mass is 488 g/mol. The number of nitrogens with zero attached hydrogens (tertiary/aromatic N) is 2. The molecule has 0 radical (unpaired) electrons. The number of amidine groups is 1. The van der Waals surface area contributed by atoms with E-state index in [4.69, 9.17) is 25.3 Å². The van der Waals surface area contributed by atoms with E-state index in [1.54, 1.807) is 18.3 Å². The topological polar surface area (TPSA) is 171 Å². The van der Waals surface area contributed by atoms with Crippen LogP contribution in [-0.2, 0) is 4.79 Å². The second-order valence-electron chi connectivity index (χ2n) is 4.81. The van der Waals surface area contributed by atoms with Crippen molar-refractivity contribution in [3.8, 4) is 11.9 Å². The van der Waals surface area contributed by atoms with Crippen LogP contribution in [0.4, 0.5) is 18.9 Å². The molecular weight excluding hydrogens is 473 g/mol. The summed E-state index contributed by atoms with van der Waals surface area (Å²) in [6.07, 6.45) is -3.28. The van der Waals surface area contributed by atoms with E-state index in [1.807, 2.05) is 42.5 Å². The number of hydrogen-bond acceptors (Lipinski definition) is 5. The van der Waals surface area contributed by atoms with Gasteiger partial charge in [-0.2, -0.15) is 23.4 Å². The Balaban J connectivity index is 0.000000636. The van der Waals surface area contributed by atoms with Gasteiger partial charge < -0.3 is 21.3 Å². The van der Waals surface area contributed by atoms with Crippen LogP contribution in [-0.4, -0.2) is 29.2 Å². The maximum Gasteiger partial charge on any atom is 0.490 e. The summed E-state index contributed by atoms with van der Waals surface area (Å²) in [5.41, 5.74) is 9.63. The molecular formula is C17H16BrF3N6O3. The zero-order valence-electron chi connectivity index (χ0n) is 15.0. The number of carbonyl (C=O) groups is 1. The first kappa shape index (κ1) is 26.2. The number of benzene rings is 2. The molecule has 0 unspecified atom stereocenters. The lowest BCUT2D eigenvalue weighted by Crippen LogP contribution is -2.23. The lowest BCUT2D eigenvalue weighted by Gasteiger charge is -2.06. The Labute approximate surface area is 177 Å². The highest BCUT2D eigenvalue weighted by molar-refractivity contribution is 9.10. The lowest BCUT2D eigenvalue weighted by molar-refractivity contribution is -0.192. The average molecular weight is 489 g/mol. The zero-order chi connectivity index (χ0) is 23.2. The molecule has 9 nitrogen and oxygen atoms in total. The molecule has 0 aliphatic carbocycles. The lowest BCUT2D eigenvalue weighted by atomic mass is 10.3. The predicted octanol–water partition coefficient (Wildman–Crippen LogP) is 3.06. The van der Waals surface area contributed by atoms with Crippen LogP contribution in [0.1, 0.15) is 0 Å². The standard InChI is InChI=1S/C14H10BrN3O.C2HF3O2.CH5N3/c15-11-5-4-6-12(9-11)18-14(17-10-16)19-13-7-2-1-3-8-13;3-2(4,5)1(6)7;2-1(3)4/h1-9H,(H,17,18);(H,6,7);(H5,2,3,4). The third-order valence-electron chi connectivity index (χ3n) is 2.40. The highest BCUT2D eigenvalue weighted by atomic mass is 79.9. The van der Waals surface area contributed by atoms with E-state index in [0.29, 0.717) is 11.4 Å². The number of para-hydroxylation sites is 1. The van der Waals surface area contributed by atoms with Crippen molar-refractivity contribution in [1.29, 1.82) is 10.7 Å². The van der Waals surface area contributed by atoms with Crippen molar-refractivity contribution in [2.75, 3.05) is 0 Å². The van der Waals surface area contributed by atoms with Crippen molar-refractivity contribution in [1.82, 2.24) is 5.32 Å². The van der Waals surface area contributed by atoms with Crippen LogP contribution in [0.5, 0.6) is 5.75 Å². The third-order valence-corrected chi connectivity index (χ3v) is 2.90. The zero-order valence-corrected chi connectivity index (χ0v) is 16.6. The normalized spacial score (nSPS) is 10.2. The number of aliphatic carboxylic acids is 1. The first-order chi connectivity index (χ1) is 14.0. The molecule has 0 atom stereocenters. The van der Waals surface area contributed by atoms with Gasteiger partial charge in [0.05, 0.1) is 5.69 Å². The van der Waals surface area contributed by atoms with Gasteiger partial charge in [-0.15, -0.1) is 0 Å². The summed E-state index contributed by atoms with van der Waals surface area (Å²) >= 11 is 3.36. The summed E-state index contributed by atoms with van der Waals surface area (Å²) in [4.78, 5) is 13.1. The minimum Gasteiger partial charge on any atom is -0.475 e. The Kier molecular flexibility index (Phi) is 11.7. The third kappa shape index (κ3) is 13.4. The van der Waals surface area contributed by atoms with E-state index < -0.39 is 12.1 Å². The fourth-order valence-electron chi connectivity index (χ4n) is 1.39. The first-order valence-electron chi connectivity index (χ1n) is 7.57. The predicted molar refractivity (Wildman–Crippen MR) is 107 cm³/mol. The maximum atomic E-state index is 10.6. The number of aliphatic imine (C=N–C) groups is 1. The van der Waals surface area contributed by atoms with Crippen molar-refractivity contribution >= 4 is 39.6 Å². The fraction of sp³-hybridized carbons (Fsp3) is 0.0588. The molecule has 0 amide bonds. The van der Waals surface area contributed by atoms with Gasteiger partial charge in [0.1, 0.15) is 5.75 Å². The number of carboxylic acid groups (broad SMARTS) is 1. The summed E-state index contributed by atoms with van der Waals surface area (Å²) in [5, 5.41) is 24.3. The van der Waals surface area contributed by atoms with Gasteiger partial charge in [-0.05, 0) is 30.3 Å². The molecule has 0 bridgehead atoms. The molecule has 2 aromatic carbocycles. The van der Waals surface area contributed by atoms with Crippen LogP contribution in [0.2, 0.25) is 0 Å². The number of alkyl halides is 3. The molecule has 0 saturated carbocycles. The number of hydrogen-bond donors (Lipinski definition) is 5. The van der Waals surface area contributed by atoms with Crippen molar-refractivity contribution < 1.29 is 27.8 Å². The molecule has 0 aromatic heterocycles. The van der Waals surface area contributed by atoms with Gasteiger partial charge in [-0.25, -0.2) is 10.1 Å². The molecule has 2 aromatic rings. The quantitative estimate of drug-likeness (QED) is 0.187. The largest absolute Gasteiger partial charge is 0.490 e. The number of nitrogens with one attached hydrogen (secondary N) is 2. The maximum absolute atomic E-state index is 10.6. The molecule has 0 spiro atoms. The summed E-state index contributed by atoms with van der Waals surface area (Å²) in [6, 6.07) is 16.7. The number of rotatable bonds is 2. The van der Waals surface area contributed by atoms with E-state index in [9.17, 15) is 13.2 Å². The fourth-order valence-corrected chi connectivity index (χ4v) is 1.77. The van der Waals surface area contributed by atoms with Crippen LogP contribution in [0.15, 0.2) is 64.1 Å². The molecule has 0 heterocycles. The second kappa shape index (κ2) is 13.4. The van der Waals surface area contributed by atoms with E-state index in [0.717, 1.165) is 4.47 Å². The second-order valence-corrected chi connectivity index (χ2v) is 5.72. The van der Waals surface area contributed by atoms with Crippen molar-refractivity contribution in [2.45, 2.75) is 6.18 Å². The molecule has 0 aliphatic rings. The SMILES string of the molecule is N#CNC(=Nc1cccc(Br)c1)Oc1ccccc1.N=C(N)N.O=C(O)C(F)(F)F. The van der Waals surface area contributed by atoms with Crippen molar-refractivity contribution in [2.24, 2.45) is 16.5 Å². The Morgan fingerprint density at radius 1 is 1.20 bits per heavy atom. The molecule has 0 saturated heterocycles. The van der Waals surface area contributed by atoms with Crippen LogP contribution in [0.25, 0.3) is 0 Å². The summed E-state index contributed by atoms with van der Waals surface area (Å²) in [7, 11) is 0. The number of halogens is 4. The van der Waals surface area contributed by atoms with E-state index in [2.05, 4.69) is 37.7 Å². The molecule has 160 valence electrons. The number of guanidine groups is 1. The Hall–Kier alpha value is -3.79. The first-order valence-corrected chi connectivity index (χ1v) is 8.37. The van der Waals surface area contributed by atoms with Crippen LogP contribution in [0.3, 0.4) is 0 Å². The van der Waals surface area contributed by atoms with Gasteiger partial charge in [0.15, 0.2) is 12.2 Å². The van der Waals surface area contributed by atoms with E-state index in [1.165, 1.54) is 0 Å². The van der Waals surface area contributed by atoms with Gasteiger partial charge in [-0.3, -0.25) is 5.41 Å². The highest BCUT2D eigenvalue weighted by Crippen LogP contribution is 2.19. The van der Waals surface area contributed by atoms with Gasteiger partial charge in [0, 0.05) is 4.47 Å². The number of carboxylic acids is 1. The number of nitriles is 1. The highest BCUT2D eigenvalue weighted by Gasteiger charge is 2.38. The molecule has 13 heteroatoms. The van der Waals surface area contributed by atoms with Gasteiger partial charge >= 0.3 is 18.2 Å². The smallest absolute Gasteiger partial charge is 0.475 e. The minimum atomic E-state index is -5.08. The molecule has 7 N–H and O–H groups in total.